The van der Waals surface area contributed by atoms with E-state index < -0.39 is 353 Å². The molecule has 111 heavy (non-hydrogen) atoms. The Labute approximate surface area is 629 Å². The first kappa shape index (κ1) is 91.1. The molecule has 9 aliphatic heterocycles. The van der Waals surface area contributed by atoms with E-state index in [4.69, 9.17) is 80.5 Å². The van der Waals surface area contributed by atoms with Crippen molar-refractivity contribution in [2.24, 2.45) is 0 Å². The van der Waals surface area contributed by atoms with Gasteiger partial charge in [0.2, 0.25) is 23.6 Å². The van der Waals surface area contributed by atoms with Gasteiger partial charge in [-0.25, -0.2) is 0 Å². The molecular weight excluding hydrogens is 1520 g/mol. The number of carbonyl (C=O) groups is 4. The quantitative estimate of drug-likeness (QED) is 0.0346. The molecule has 0 spiro atoms. The van der Waals surface area contributed by atoms with Crippen LogP contribution in [0, 0.1) is 0 Å². The number of hydrogen-bond donors (Lipinski definition) is 28. The Balaban J connectivity index is 1.05. The van der Waals surface area contributed by atoms with Gasteiger partial charge in [-0.1, -0.05) is 0 Å². The zero-order valence-electron chi connectivity index (χ0n) is 59.9. The fourth-order valence-corrected chi connectivity index (χ4v) is 14.3. The number of ether oxygens (including phenoxy) is 17. The van der Waals surface area contributed by atoms with Crippen molar-refractivity contribution in [1.29, 1.82) is 0 Å². The van der Waals surface area contributed by atoms with Crippen molar-refractivity contribution in [2.75, 3.05) is 52.9 Å². The lowest BCUT2D eigenvalue weighted by atomic mass is 9.93. The number of amides is 4. The summed E-state index contributed by atoms with van der Waals surface area (Å²) in [5.74, 6) is -3.59. The average molecular weight is 1630 g/mol. The molecule has 9 heterocycles. The van der Waals surface area contributed by atoms with Crippen LogP contribution in [0.25, 0.3) is 0 Å². The highest BCUT2D eigenvalue weighted by atomic mass is 16.8. The summed E-state index contributed by atoms with van der Waals surface area (Å²) < 4.78 is 101. The van der Waals surface area contributed by atoms with Gasteiger partial charge in [-0.2, -0.15) is 0 Å². The molecule has 642 valence electrons. The van der Waals surface area contributed by atoms with Gasteiger partial charge in [0.05, 0.1) is 59.0 Å². The van der Waals surface area contributed by atoms with Gasteiger partial charge in [0.1, 0.15) is 213 Å². The average Bonchev–Trinajstić information content (AvgIpc) is 0.768. The summed E-state index contributed by atoms with van der Waals surface area (Å²) in [4.78, 5) is 50.9. The Kier molecular flexibility index (Phi) is 32.6. The number of carbonyl (C=O) groups excluding carboxylic acids is 4. The maximum atomic E-state index is 13.2. The van der Waals surface area contributed by atoms with Crippen molar-refractivity contribution in [3.63, 3.8) is 0 Å². The van der Waals surface area contributed by atoms with Gasteiger partial charge in [-0.15, -0.1) is 0 Å². The molecule has 0 aromatic heterocycles. The Morgan fingerprint density at radius 2 is 0.559 bits per heavy atom. The molecule has 0 bridgehead atoms. The second-order valence-electron chi connectivity index (χ2n) is 28.2. The molecule has 9 saturated heterocycles. The van der Waals surface area contributed by atoms with Crippen LogP contribution in [0.15, 0.2) is 0 Å². The van der Waals surface area contributed by atoms with E-state index in [-0.39, 0.29) is 0 Å². The van der Waals surface area contributed by atoms with E-state index in [0.717, 1.165) is 27.7 Å². The third kappa shape index (κ3) is 20.3. The van der Waals surface area contributed by atoms with Crippen molar-refractivity contribution in [2.45, 2.75) is 311 Å². The molecule has 4 amide bonds. The molecule has 0 radical (unpaired) electrons. The van der Waals surface area contributed by atoms with E-state index in [0.29, 0.717) is 0 Å². The van der Waals surface area contributed by atoms with Gasteiger partial charge in [-0.05, 0) is 6.92 Å². The first-order chi connectivity index (χ1) is 52.4. The third-order valence-electron chi connectivity index (χ3n) is 20.3. The highest BCUT2D eigenvalue weighted by Gasteiger charge is 2.61. The van der Waals surface area contributed by atoms with Crippen LogP contribution in [0.5, 0.6) is 0 Å². The van der Waals surface area contributed by atoms with E-state index in [1.165, 1.54) is 6.92 Å². The highest BCUT2D eigenvalue weighted by Crippen LogP contribution is 2.40. The van der Waals surface area contributed by atoms with Crippen molar-refractivity contribution in [1.82, 2.24) is 21.3 Å². The van der Waals surface area contributed by atoms with Crippen LogP contribution in [0.2, 0.25) is 0 Å². The Hall–Kier alpha value is -3.76. The Morgan fingerprint density at radius 3 is 1.03 bits per heavy atom. The van der Waals surface area contributed by atoms with Crippen LogP contribution in [0.3, 0.4) is 0 Å². The molecule has 0 saturated carbocycles. The monoisotopic (exact) mass is 1620 g/mol. The fourth-order valence-electron chi connectivity index (χ4n) is 14.3. The molecule has 9 aliphatic rings. The number of aliphatic hydroxyl groups excluding tert-OH is 24. The topological polar surface area (TPSA) is 759 Å². The minimum Gasteiger partial charge on any atom is -0.394 e. The standard InChI is InChI=1S/C62H104N4O45/c1-14-31(77)41(87)45(91)58(97-14)95-13-26-50(38(84)27(54(94)98-26)63-15(2)73)106-56-29(65-17(4)75)39(85)49(24(11-72)103-56)108-60-47(93)51(109-62-53(44(90)35(81)22(9-70)102-62)111-55-28(64-16(3)74)37(83)32(78)19(6-67)99-55)36(82)25(105-60)12-96-61-52(43(89)34(80)21(8-69)101-61)110-57-30(66-18(5)76)40(86)48(23(10-71)104-57)107-59-46(92)42(88)33(79)20(7-68)100-59/h14,19-62,67-72,77-94H,6-13H2,1-5H3,(H,63,73)(H,64,74)(H,65,75)(H,66,76)/t14-,19-,20-,21-,22-,23-,24-,25-,26-,27-,28+,29-,30-,31+,32-,33+,34-,35-,36-,37-,38-,39-,40-,41+,42+,43+,44+,45-,46-,47+,48-,49-,50-,51+,52+,53+,54-,55+,56+,57+,58+,59+,60+,61+,62-/m1/s1. The summed E-state index contributed by atoms with van der Waals surface area (Å²) in [6.45, 7) is -3.36. The minimum absolute atomic E-state index is 0.827. The van der Waals surface area contributed by atoms with Crippen molar-refractivity contribution in [3.05, 3.63) is 0 Å². The van der Waals surface area contributed by atoms with Crippen molar-refractivity contribution < 1.29 is 222 Å². The summed E-state index contributed by atoms with van der Waals surface area (Å²) in [6.07, 6.45) is -83.2. The summed E-state index contributed by atoms with van der Waals surface area (Å²) in [7, 11) is 0. The second kappa shape index (κ2) is 39.7. The molecule has 0 unspecified atom stereocenters. The van der Waals surface area contributed by atoms with Gasteiger partial charge < -0.3 is 224 Å². The lowest BCUT2D eigenvalue weighted by Crippen LogP contribution is -2.71. The Morgan fingerprint density at radius 1 is 0.252 bits per heavy atom. The predicted octanol–water partition coefficient (Wildman–Crippen LogP) is -19.0. The minimum atomic E-state index is -2.55. The Bertz CT molecular complexity index is 2950. The van der Waals surface area contributed by atoms with Crippen molar-refractivity contribution in [3.8, 4) is 0 Å². The maximum absolute atomic E-state index is 13.2. The SMILES string of the molecule is CC(=O)N[C@@H]1[C@H](O[C@@H]2[C@@H](O[C@@H]3[C@H](O)[C@H](O[C@H]4[C@H](O)[C@@H](NC(C)=O)[C@H](O[C@H]5[C@H](O)[C@@H](NC(C)=O)[C@H](O)O[C@@H]5CO[C@H]5O[C@H](C)[C@H](O)[C@H](O)[C@H]5O)O[C@@H]4CO)O[C@H](CO[C@H]4O[C@H](CO)[C@@H](O)[C@H](O)[C@@H]4O[C@@H]4O[C@H](CO)[C@@H](O[C@@H]5O[C@H](CO)[C@H](O)[C@H](O)[C@H]5O)[C@H](O)[C@H]4NC(C)=O)[C@H]3O)O[C@H](CO)[C@@H](O)[C@@H]2O)O[C@H](CO)[C@@H](O)[C@@H]1O. The predicted molar refractivity (Wildman–Crippen MR) is 342 cm³/mol. The number of rotatable bonds is 28. The van der Waals surface area contributed by atoms with Crippen LogP contribution in [0.1, 0.15) is 34.6 Å². The van der Waals surface area contributed by atoms with E-state index in [1.807, 2.05) is 0 Å². The number of nitrogens with one attached hydrogen (secondary N) is 4. The van der Waals surface area contributed by atoms with Crippen LogP contribution < -0.4 is 21.3 Å². The number of aliphatic hydroxyl groups is 24. The van der Waals surface area contributed by atoms with Gasteiger partial charge in [0.25, 0.3) is 0 Å². The molecule has 28 N–H and O–H groups in total. The normalized spacial score (nSPS) is 49.3. The molecule has 45 atom stereocenters. The maximum Gasteiger partial charge on any atom is 0.217 e. The molecule has 49 heteroatoms. The van der Waals surface area contributed by atoms with Gasteiger partial charge in [-0.3, -0.25) is 19.2 Å². The summed E-state index contributed by atoms with van der Waals surface area (Å²) in [6, 6.07) is -7.39. The zero-order valence-corrected chi connectivity index (χ0v) is 59.9. The largest absolute Gasteiger partial charge is 0.394 e. The smallest absolute Gasteiger partial charge is 0.217 e. The van der Waals surface area contributed by atoms with Gasteiger partial charge >= 0.3 is 0 Å². The molecule has 0 aromatic carbocycles. The zero-order chi connectivity index (χ0) is 81.8. The van der Waals surface area contributed by atoms with E-state index >= 15 is 0 Å². The van der Waals surface area contributed by atoms with Crippen LogP contribution in [-0.4, -0.2) is 475 Å². The van der Waals surface area contributed by atoms with E-state index in [2.05, 4.69) is 21.3 Å². The lowest BCUT2D eigenvalue weighted by molar-refractivity contribution is -0.396. The summed E-state index contributed by atoms with van der Waals surface area (Å²) >= 11 is 0. The molecule has 9 fully saturated rings. The molecular formula is C62H104N4O45. The second-order valence-corrected chi connectivity index (χ2v) is 28.2. The van der Waals surface area contributed by atoms with Crippen LogP contribution in [-0.2, 0) is 99.7 Å². The van der Waals surface area contributed by atoms with Gasteiger partial charge in [0.15, 0.2) is 56.6 Å². The molecule has 9 rings (SSSR count). The summed E-state index contributed by atoms with van der Waals surface area (Å²) in [5, 5.41) is 276. The van der Waals surface area contributed by atoms with Gasteiger partial charge in [0, 0.05) is 27.7 Å². The highest BCUT2D eigenvalue weighted by molar-refractivity contribution is 5.74. The molecule has 49 nitrogen and oxygen atoms in total. The van der Waals surface area contributed by atoms with Crippen molar-refractivity contribution >= 4 is 23.6 Å². The first-order valence-corrected chi connectivity index (χ1v) is 35.5. The van der Waals surface area contributed by atoms with E-state index in [9.17, 15) is 142 Å². The number of hydrogen-bond acceptors (Lipinski definition) is 45. The molecule has 0 aromatic rings. The van der Waals surface area contributed by atoms with Crippen LogP contribution >= 0.6 is 0 Å². The lowest BCUT2D eigenvalue weighted by Gasteiger charge is -2.51. The third-order valence-corrected chi connectivity index (χ3v) is 20.3. The first-order valence-electron chi connectivity index (χ1n) is 35.5. The molecule has 0 aliphatic carbocycles. The van der Waals surface area contributed by atoms with Crippen LogP contribution in [0.4, 0.5) is 0 Å². The summed E-state index contributed by atoms with van der Waals surface area (Å²) in [5.41, 5.74) is 0. The fraction of sp³-hybridized carbons (Fsp3) is 0.935. The van der Waals surface area contributed by atoms with E-state index in [1.54, 1.807) is 0 Å².